The van der Waals surface area contributed by atoms with Crippen molar-refractivity contribution in [3.63, 3.8) is 0 Å². The molecule has 0 aromatic heterocycles. The predicted molar refractivity (Wildman–Crippen MR) is 73.3 cm³/mol. The van der Waals surface area contributed by atoms with Crippen molar-refractivity contribution in [3.05, 3.63) is 42.5 Å². The average Bonchev–Trinajstić information content (AvgIpc) is 2.25. The average molecular weight is 280 g/mol. The zero-order valence-electron chi connectivity index (χ0n) is 12.0. The summed E-state index contributed by atoms with van der Waals surface area (Å²) in [4.78, 5) is 32.4. The first-order valence-corrected chi connectivity index (χ1v) is 5.95. The predicted octanol–water partition coefficient (Wildman–Crippen LogP) is 3.23. The second kappa shape index (κ2) is 4.99. The van der Waals surface area contributed by atoms with E-state index in [1.807, 2.05) is 0 Å². The molecular formula is C13H16N2O5. The van der Waals surface area contributed by atoms with Crippen LogP contribution in [0.25, 0.3) is 0 Å². The van der Waals surface area contributed by atoms with Crippen LogP contribution in [-0.2, 0) is 5.41 Å². The molecule has 0 bridgehead atoms. The minimum Gasteiger partial charge on any atom is -0.298 e. The maximum atomic E-state index is 11.3. The number of nitro groups is 2. The zero-order chi connectivity index (χ0) is 15.8. The molecule has 20 heavy (non-hydrogen) atoms. The van der Waals surface area contributed by atoms with Crippen LogP contribution in [0.4, 0.5) is 11.4 Å². The number of hydrogen-bond donors (Lipinski definition) is 0. The molecule has 0 heterocycles. The van der Waals surface area contributed by atoms with Crippen LogP contribution in [0, 0.1) is 34.1 Å². The molecule has 0 saturated carbocycles. The van der Waals surface area contributed by atoms with E-state index in [1.54, 1.807) is 20.8 Å². The summed E-state index contributed by atoms with van der Waals surface area (Å²) in [5.41, 5.74) is -0.988. The van der Waals surface area contributed by atoms with Gasteiger partial charge in [-0.2, -0.15) is 0 Å². The number of hydrogen-bond acceptors (Lipinski definition) is 5. The van der Waals surface area contributed by atoms with Gasteiger partial charge in [-0.15, -0.1) is 0 Å². The molecule has 0 unspecified atom stereocenters. The second-order valence-electron chi connectivity index (χ2n) is 5.62. The van der Waals surface area contributed by atoms with E-state index < -0.39 is 15.3 Å². The Morgan fingerprint density at radius 3 is 1.70 bits per heavy atom. The molecule has 0 aliphatic heterocycles. The number of carbonyl (C=O) groups excluding carboxylic acids is 1. The van der Waals surface area contributed by atoms with Gasteiger partial charge in [0.05, 0.1) is 9.85 Å². The molecule has 0 saturated heterocycles. The first kappa shape index (κ1) is 15.7. The molecule has 0 spiro atoms. The van der Waals surface area contributed by atoms with E-state index in [0.29, 0.717) is 6.29 Å². The molecule has 7 nitrogen and oxygen atoms in total. The van der Waals surface area contributed by atoms with Crippen molar-refractivity contribution < 1.29 is 14.6 Å². The largest absolute Gasteiger partial charge is 0.298 e. The molecule has 0 N–H and O–H groups in total. The maximum absolute atomic E-state index is 11.3. The van der Waals surface area contributed by atoms with Gasteiger partial charge in [0.1, 0.15) is 5.56 Å². The van der Waals surface area contributed by atoms with Gasteiger partial charge < -0.3 is 0 Å². The number of benzene rings is 1. The number of carbonyl (C=O) groups is 1. The lowest BCUT2D eigenvalue weighted by molar-refractivity contribution is -0.396. The van der Waals surface area contributed by atoms with Crippen LogP contribution in [0.5, 0.6) is 0 Å². The lowest BCUT2D eigenvalue weighted by Crippen LogP contribution is -2.19. The van der Waals surface area contributed by atoms with E-state index in [4.69, 9.17) is 0 Å². The molecule has 108 valence electrons. The molecule has 0 fully saturated rings. The fourth-order valence-electron chi connectivity index (χ4n) is 2.43. The Bertz CT molecular complexity index is 614. The highest BCUT2D eigenvalue weighted by Gasteiger charge is 2.37. The van der Waals surface area contributed by atoms with Crippen molar-refractivity contribution in [3.8, 4) is 0 Å². The quantitative estimate of drug-likeness (QED) is 0.480. The molecular weight excluding hydrogens is 264 g/mol. The molecule has 7 heteroatoms. The molecule has 1 rings (SSSR count). The van der Waals surface area contributed by atoms with Crippen LogP contribution >= 0.6 is 0 Å². The highest BCUT2D eigenvalue weighted by molar-refractivity contribution is 5.87. The maximum Gasteiger partial charge on any atom is 0.283 e. The molecule has 0 aliphatic rings. The number of nitro benzene ring substituents is 2. The second-order valence-corrected chi connectivity index (χ2v) is 5.62. The van der Waals surface area contributed by atoms with Gasteiger partial charge in [0.2, 0.25) is 0 Å². The van der Waals surface area contributed by atoms with Gasteiger partial charge in [-0.1, -0.05) is 20.8 Å². The molecule has 1 aromatic carbocycles. The first-order valence-electron chi connectivity index (χ1n) is 5.95. The molecule has 1 aromatic rings. The summed E-state index contributed by atoms with van der Waals surface area (Å²) in [6.07, 6.45) is 0.454. The minimum absolute atomic E-state index is 0.0203. The molecule has 0 amide bonds. The Morgan fingerprint density at radius 1 is 0.950 bits per heavy atom. The van der Waals surface area contributed by atoms with Gasteiger partial charge in [-0.3, -0.25) is 25.0 Å². The number of nitrogens with zero attached hydrogens (tertiary/aromatic N) is 2. The fraction of sp³-hybridized carbons (Fsp3) is 0.462. The highest BCUT2D eigenvalue weighted by atomic mass is 16.6. The Kier molecular flexibility index (Phi) is 3.93. The van der Waals surface area contributed by atoms with E-state index in [1.165, 1.54) is 13.8 Å². The monoisotopic (exact) mass is 280 g/mol. The topological polar surface area (TPSA) is 103 Å². The van der Waals surface area contributed by atoms with Gasteiger partial charge in [-0.05, 0) is 19.3 Å². The summed E-state index contributed by atoms with van der Waals surface area (Å²) in [5.74, 6) is 0. The fourth-order valence-corrected chi connectivity index (χ4v) is 2.43. The smallest absolute Gasteiger partial charge is 0.283 e. The van der Waals surface area contributed by atoms with Gasteiger partial charge in [-0.25, -0.2) is 0 Å². The van der Waals surface area contributed by atoms with Crippen molar-refractivity contribution in [2.24, 2.45) is 0 Å². The van der Waals surface area contributed by atoms with Crippen LogP contribution in [0.1, 0.15) is 47.8 Å². The lowest BCUT2D eigenvalue weighted by Gasteiger charge is -2.23. The normalized spacial score (nSPS) is 11.2. The summed E-state index contributed by atoms with van der Waals surface area (Å²) < 4.78 is 0. The van der Waals surface area contributed by atoms with Gasteiger partial charge in [0.25, 0.3) is 11.4 Å². The van der Waals surface area contributed by atoms with Crippen LogP contribution < -0.4 is 0 Å². The third kappa shape index (κ3) is 2.38. The van der Waals surface area contributed by atoms with Crippen LogP contribution in [0.15, 0.2) is 0 Å². The summed E-state index contributed by atoms with van der Waals surface area (Å²) in [6, 6.07) is 0. The summed E-state index contributed by atoms with van der Waals surface area (Å²) in [6.45, 7) is 7.97. The Labute approximate surface area is 115 Å². The van der Waals surface area contributed by atoms with Crippen LogP contribution in [0.2, 0.25) is 0 Å². The molecule has 0 aliphatic carbocycles. The SMILES string of the molecule is Cc1c(C=O)c(C(C)(C)C)c([N+](=O)[O-])c(C)c1[N+](=O)[O-]. The van der Waals surface area contributed by atoms with Gasteiger partial charge >= 0.3 is 0 Å². The van der Waals surface area contributed by atoms with E-state index >= 15 is 0 Å². The molecule has 0 atom stereocenters. The Morgan fingerprint density at radius 2 is 1.40 bits per heavy atom. The van der Waals surface area contributed by atoms with Crippen molar-refractivity contribution in [1.29, 1.82) is 0 Å². The minimum atomic E-state index is -0.683. The standard InChI is InChI=1S/C13H16N2O5/c1-7-9(6-16)10(13(3,4)5)12(15(19)20)8(2)11(7)14(17)18/h6H,1-5H3. The highest BCUT2D eigenvalue weighted by Crippen LogP contribution is 2.42. The van der Waals surface area contributed by atoms with Gasteiger partial charge in [0.15, 0.2) is 6.29 Å². The Balaban J connectivity index is 4.08. The summed E-state index contributed by atoms with van der Waals surface area (Å²) in [5, 5.41) is 22.4. The third-order valence-electron chi connectivity index (χ3n) is 3.21. The summed E-state index contributed by atoms with van der Waals surface area (Å²) in [7, 11) is 0. The van der Waals surface area contributed by atoms with Crippen molar-refractivity contribution in [2.45, 2.75) is 40.0 Å². The number of rotatable bonds is 3. The van der Waals surface area contributed by atoms with Crippen molar-refractivity contribution in [2.75, 3.05) is 0 Å². The number of aldehydes is 1. The first-order chi connectivity index (χ1) is 9.03. The van der Waals surface area contributed by atoms with E-state index in [-0.39, 0.29) is 33.6 Å². The third-order valence-corrected chi connectivity index (χ3v) is 3.21. The van der Waals surface area contributed by atoms with Gasteiger partial charge in [0, 0.05) is 16.7 Å². The summed E-state index contributed by atoms with van der Waals surface area (Å²) >= 11 is 0. The van der Waals surface area contributed by atoms with Crippen molar-refractivity contribution >= 4 is 17.7 Å². The zero-order valence-corrected chi connectivity index (χ0v) is 12.0. The lowest BCUT2D eigenvalue weighted by atomic mass is 9.79. The van der Waals surface area contributed by atoms with E-state index in [0.717, 1.165) is 0 Å². The van der Waals surface area contributed by atoms with E-state index in [2.05, 4.69) is 0 Å². The van der Waals surface area contributed by atoms with Crippen LogP contribution in [0.3, 0.4) is 0 Å². The van der Waals surface area contributed by atoms with Crippen LogP contribution in [-0.4, -0.2) is 16.1 Å². The molecule has 0 radical (unpaired) electrons. The van der Waals surface area contributed by atoms with Crippen molar-refractivity contribution in [1.82, 2.24) is 0 Å². The van der Waals surface area contributed by atoms with E-state index in [9.17, 15) is 25.0 Å². The Hall–Kier alpha value is -2.31.